The maximum absolute atomic E-state index is 12.8. The maximum atomic E-state index is 12.8. The van der Waals surface area contributed by atoms with Gasteiger partial charge in [0.1, 0.15) is 6.17 Å². The number of carbonyl (C=O) groups excluding carboxylic acids is 1. The van der Waals surface area contributed by atoms with E-state index in [-0.39, 0.29) is 18.0 Å². The first-order valence-corrected chi connectivity index (χ1v) is 5.01. The van der Waals surface area contributed by atoms with Crippen LogP contribution in [0, 0.1) is 0 Å². The fourth-order valence-electron chi connectivity index (χ4n) is 1.84. The number of nitrogens with one attached hydrogen (secondary N) is 2. The fraction of sp³-hybridized carbons (Fsp3) is 0.889. The van der Waals surface area contributed by atoms with Gasteiger partial charge in [0, 0.05) is 19.6 Å². The second-order valence-corrected chi connectivity index (χ2v) is 3.86. The Labute approximate surface area is 82.2 Å². The molecule has 3 atom stereocenters. The molecular formula is C9H15FN2O2. The van der Waals surface area contributed by atoms with Crippen molar-refractivity contribution in [1.82, 2.24) is 10.6 Å². The number of rotatable bonds is 2. The van der Waals surface area contributed by atoms with Crippen LogP contribution in [0.4, 0.5) is 4.39 Å². The Bertz CT molecular complexity index is 219. The predicted octanol–water partition coefficient (Wildman–Crippen LogP) is -0.409. The lowest BCUT2D eigenvalue weighted by molar-refractivity contribution is -0.123. The zero-order valence-electron chi connectivity index (χ0n) is 7.96. The summed E-state index contributed by atoms with van der Waals surface area (Å²) in [6.07, 6.45) is 0.266. The molecule has 0 bridgehead atoms. The SMILES string of the molecule is O=C(NC1CCOC1)[C@H]1C[C@H](F)CN1. The van der Waals surface area contributed by atoms with Crippen molar-refractivity contribution in [2.45, 2.75) is 31.1 Å². The number of alkyl halides is 1. The molecule has 2 heterocycles. The Hall–Kier alpha value is -0.680. The maximum Gasteiger partial charge on any atom is 0.237 e. The molecule has 4 nitrogen and oxygen atoms in total. The highest BCUT2D eigenvalue weighted by atomic mass is 19.1. The fourth-order valence-corrected chi connectivity index (χ4v) is 1.84. The summed E-state index contributed by atoms with van der Waals surface area (Å²) in [6.45, 7) is 1.57. The zero-order chi connectivity index (χ0) is 9.97. The van der Waals surface area contributed by atoms with Crippen LogP contribution >= 0.6 is 0 Å². The minimum Gasteiger partial charge on any atom is -0.379 e. The van der Waals surface area contributed by atoms with E-state index in [2.05, 4.69) is 10.6 Å². The highest BCUT2D eigenvalue weighted by Crippen LogP contribution is 2.11. The summed E-state index contributed by atoms with van der Waals surface area (Å²) >= 11 is 0. The highest BCUT2D eigenvalue weighted by molar-refractivity contribution is 5.82. The van der Waals surface area contributed by atoms with Crippen molar-refractivity contribution >= 4 is 5.91 Å². The number of halogens is 1. The topological polar surface area (TPSA) is 50.4 Å². The van der Waals surface area contributed by atoms with Crippen LogP contribution in [0.1, 0.15) is 12.8 Å². The Morgan fingerprint density at radius 2 is 2.43 bits per heavy atom. The van der Waals surface area contributed by atoms with Crippen molar-refractivity contribution in [3.05, 3.63) is 0 Å². The van der Waals surface area contributed by atoms with Gasteiger partial charge in [-0.05, 0) is 6.42 Å². The predicted molar refractivity (Wildman–Crippen MR) is 48.7 cm³/mol. The van der Waals surface area contributed by atoms with Crippen LogP contribution in [-0.4, -0.2) is 43.9 Å². The van der Waals surface area contributed by atoms with E-state index in [0.29, 0.717) is 26.2 Å². The minimum absolute atomic E-state index is 0.0966. The van der Waals surface area contributed by atoms with Crippen molar-refractivity contribution in [2.24, 2.45) is 0 Å². The Balaban J connectivity index is 1.77. The lowest BCUT2D eigenvalue weighted by Gasteiger charge is -2.14. The standard InChI is InChI=1S/C9H15FN2O2/c10-6-3-8(11-4-6)9(13)12-7-1-2-14-5-7/h6-8,11H,1-5H2,(H,12,13)/t6-,7?,8+/m0/s1. The van der Waals surface area contributed by atoms with Gasteiger partial charge >= 0.3 is 0 Å². The van der Waals surface area contributed by atoms with E-state index >= 15 is 0 Å². The second-order valence-electron chi connectivity index (χ2n) is 3.86. The smallest absolute Gasteiger partial charge is 0.237 e. The van der Waals surface area contributed by atoms with E-state index in [1.807, 2.05) is 0 Å². The van der Waals surface area contributed by atoms with Gasteiger partial charge in [-0.15, -0.1) is 0 Å². The molecule has 2 aliphatic heterocycles. The van der Waals surface area contributed by atoms with Gasteiger partial charge in [-0.3, -0.25) is 4.79 Å². The largest absolute Gasteiger partial charge is 0.379 e. The molecule has 0 spiro atoms. The van der Waals surface area contributed by atoms with Crippen LogP contribution in [0.15, 0.2) is 0 Å². The normalized spacial score (nSPS) is 37.4. The van der Waals surface area contributed by atoms with Crippen LogP contribution in [0.3, 0.4) is 0 Å². The van der Waals surface area contributed by atoms with Gasteiger partial charge in [-0.1, -0.05) is 0 Å². The summed E-state index contributed by atoms with van der Waals surface area (Å²) in [5.41, 5.74) is 0. The molecule has 0 aromatic carbocycles. The number of hydrogen-bond acceptors (Lipinski definition) is 3. The third-order valence-electron chi connectivity index (χ3n) is 2.67. The summed E-state index contributed by atoms with van der Waals surface area (Å²) in [5, 5.41) is 5.70. The van der Waals surface area contributed by atoms with E-state index in [1.165, 1.54) is 0 Å². The zero-order valence-corrected chi connectivity index (χ0v) is 7.96. The van der Waals surface area contributed by atoms with Gasteiger partial charge in [0.2, 0.25) is 5.91 Å². The van der Waals surface area contributed by atoms with Crippen LogP contribution in [0.25, 0.3) is 0 Å². The third kappa shape index (κ3) is 2.22. The average molecular weight is 202 g/mol. The van der Waals surface area contributed by atoms with Gasteiger partial charge in [-0.25, -0.2) is 4.39 Å². The molecule has 2 fully saturated rings. The number of carbonyl (C=O) groups is 1. The Morgan fingerprint density at radius 1 is 1.57 bits per heavy atom. The minimum atomic E-state index is -0.884. The van der Waals surface area contributed by atoms with Crippen LogP contribution in [-0.2, 0) is 9.53 Å². The molecule has 1 amide bonds. The van der Waals surface area contributed by atoms with Crippen LogP contribution in [0.2, 0.25) is 0 Å². The first-order valence-electron chi connectivity index (χ1n) is 5.01. The quantitative estimate of drug-likeness (QED) is 0.640. The molecule has 5 heteroatoms. The molecule has 0 saturated carbocycles. The van der Waals surface area contributed by atoms with E-state index < -0.39 is 6.17 Å². The first-order chi connectivity index (χ1) is 6.75. The molecule has 0 aromatic rings. The Morgan fingerprint density at radius 3 is 3.00 bits per heavy atom. The second kappa shape index (κ2) is 4.23. The summed E-state index contributed by atoms with van der Waals surface area (Å²) in [5.74, 6) is -0.0966. The molecule has 80 valence electrons. The van der Waals surface area contributed by atoms with Crippen molar-refractivity contribution in [1.29, 1.82) is 0 Å². The van der Waals surface area contributed by atoms with Crippen LogP contribution < -0.4 is 10.6 Å². The van der Waals surface area contributed by atoms with Gasteiger partial charge < -0.3 is 15.4 Å². The Kier molecular flexibility index (Phi) is 2.98. The van der Waals surface area contributed by atoms with E-state index in [0.717, 1.165) is 6.42 Å². The molecule has 0 aromatic heterocycles. The van der Waals surface area contributed by atoms with Crippen molar-refractivity contribution in [2.75, 3.05) is 19.8 Å². The first kappa shape index (κ1) is 9.86. The summed E-state index contributed by atoms with van der Waals surface area (Å²) in [4.78, 5) is 11.6. The molecular weight excluding hydrogens is 187 g/mol. The highest BCUT2D eigenvalue weighted by Gasteiger charge is 2.30. The third-order valence-corrected chi connectivity index (χ3v) is 2.67. The van der Waals surface area contributed by atoms with E-state index in [1.54, 1.807) is 0 Å². The lowest BCUT2D eigenvalue weighted by atomic mass is 10.2. The van der Waals surface area contributed by atoms with Gasteiger partial charge in [0.15, 0.2) is 0 Å². The molecule has 14 heavy (non-hydrogen) atoms. The summed E-state index contributed by atoms with van der Waals surface area (Å²) in [7, 11) is 0. The molecule has 2 aliphatic rings. The number of hydrogen-bond donors (Lipinski definition) is 2. The van der Waals surface area contributed by atoms with Gasteiger partial charge in [0.25, 0.3) is 0 Å². The molecule has 0 radical (unpaired) electrons. The average Bonchev–Trinajstić information content (AvgIpc) is 2.75. The monoisotopic (exact) mass is 202 g/mol. The van der Waals surface area contributed by atoms with E-state index in [9.17, 15) is 9.18 Å². The van der Waals surface area contributed by atoms with Crippen LogP contribution in [0.5, 0.6) is 0 Å². The summed E-state index contributed by atoms with van der Waals surface area (Å²) in [6, 6.07) is -0.242. The van der Waals surface area contributed by atoms with Crippen molar-refractivity contribution in [3.63, 3.8) is 0 Å². The van der Waals surface area contributed by atoms with Crippen molar-refractivity contribution < 1.29 is 13.9 Å². The van der Waals surface area contributed by atoms with Gasteiger partial charge in [0.05, 0.1) is 18.7 Å². The number of amides is 1. The lowest BCUT2D eigenvalue weighted by Crippen LogP contribution is -2.45. The number of ether oxygens (including phenoxy) is 1. The molecule has 2 N–H and O–H groups in total. The van der Waals surface area contributed by atoms with E-state index in [4.69, 9.17) is 4.74 Å². The molecule has 0 aliphatic carbocycles. The summed E-state index contributed by atoms with van der Waals surface area (Å²) < 4.78 is 17.9. The molecule has 1 unspecified atom stereocenters. The van der Waals surface area contributed by atoms with Gasteiger partial charge in [-0.2, -0.15) is 0 Å². The molecule has 2 saturated heterocycles. The van der Waals surface area contributed by atoms with Crippen molar-refractivity contribution in [3.8, 4) is 0 Å². The molecule has 2 rings (SSSR count).